The standard InChI is InChI=1S/C14H20N4OS/c1-11-10-15-6-8-18(11)7-2-5-13-16-14(17-19-13)12-4-3-9-20-12/h3-4,9,11,15H,2,5-8,10H2,1H3/t11-/m1/s1. The summed E-state index contributed by atoms with van der Waals surface area (Å²) in [4.78, 5) is 8.04. The second-order valence-corrected chi connectivity index (χ2v) is 6.13. The molecule has 0 spiro atoms. The molecule has 2 aromatic heterocycles. The summed E-state index contributed by atoms with van der Waals surface area (Å²) in [5.41, 5.74) is 0. The molecule has 5 nitrogen and oxygen atoms in total. The van der Waals surface area contributed by atoms with Crippen LogP contribution in [0.1, 0.15) is 19.2 Å². The van der Waals surface area contributed by atoms with Crippen molar-refractivity contribution in [1.82, 2.24) is 20.4 Å². The smallest absolute Gasteiger partial charge is 0.227 e. The molecule has 3 heterocycles. The minimum Gasteiger partial charge on any atom is -0.339 e. The summed E-state index contributed by atoms with van der Waals surface area (Å²) >= 11 is 1.64. The van der Waals surface area contributed by atoms with Crippen LogP contribution in [0.3, 0.4) is 0 Å². The van der Waals surface area contributed by atoms with Crippen LogP contribution in [0.5, 0.6) is 0 Å². The van der Waals surface area contributed by atoms with Crippen molar-refractivity contribution in [2.45, 2.75) is 25.8 Å². The number of thiophene rings is 1. The molecule has 0 aliphatic carbocycles. The Morgan fingerprint density at radius 1 is 1.55 bits per heavy atom. The lowest BCUT2D eigenvalue weighted by atomic mass is 10.2. The molecular formula is C14H20N4OS. The molecule has 20 heavy (non-hydrogen) atoms. The van der Waals surface area contributed by atoms with Crippen LogP contribution in [0.4, 0.5) is 0 Å². The van der Waals surface area contributed by atoms with E-state index >= 15 is 0 Å². The van der Waals surface area contributed by atoms with Crippen LogP contribution < -0.4 is 5.32 Å². The summed E-state index contributed by atoms with van der Waals surface area (Å²) in [6.45, 7) is 6.68. The third kappa shape index (κ3) is 3.26. The normalized spacial score (nSPS) is 20.4. The molecule has 0 radical (unpaired) electrons. The van der Waals surface area contributed by atoms with Gasteiger partial charge in [0.2, 0.25) is 11.7 Å². The highest BCUT2D eigenvalue weighted by atomic mass is 32.1. The van der Waals surface area contributed by atoms with Gasteiger partial charge in [-0.25, -0.2) is 0 Å². The number of hydrogen-bond acceptors (Lipinski definition) is 6. The third-order valence-corrected chi connectivity index (χ3v) is 4.55. The average molecular weight is 292 g/mol. The summed E-state index contributed by atoms with van der Waals surface area (Å²) in [5.74, 6) is 1.46. The highest BCUT2D eigenvalue weighted by molar-refractivity contribution is 7.13. The van der Waals surface area contributed by atoms with Crippen molar-refractivity contribution >= 4 is 11.3 Å². The van der Waals surface area contributed by atoms with E-state index in [4.69, 9.17) is 4.52 Å². The predicted octanol–water partition coefficient (Wildman–Crippen LogP) is 2.02. The van der Waals surface area contributed by atoms with Gasteiger partial charge in [-0.05, 0) is 31.3 Å². The molecule has 6 heteroatoms. The quantitative estimate of drug-likeness (QED) is 0.914. The van der Waals surface area contributed by atoms with Crippen molar-refractivity contribution < 1.29 is 4.52 Å². The molecule has 0 bridgehead atoms. The second kappa shape index (κ2) is 6.47. The Kier molecular flexibility index (Phi) is 4.44. The van der Waals surface area contributed by atoms with E-state index in [2.05, 4.69) is 27.3 Å². The Bertz CT molecular complexity index is 525. The molecule has 1 aliphatic rings. The van der Waals surface area contributed by atoms with Gasteiger partial charge in [-0.15, -0.1) is 11.3 Å². The van der Waals surface area contributed by atoms with Crippen LogP contribution in [0, 0.1) is 0 Å². The van der Waals surface area contributed by atoms with Gasteiger partial charge in [0.1, 0.15) is 0 Å². The third-order valence-electron chi connectivity index (χ3n) is 3.68. The van der Waals surface area contributed by atoms with Crippen molar-refractivity contribution in [2.24, 2.45) is 0 Å². The molecule has 0 unspecified atom stereocenters. The number of rotatable bonds is 5. The number of piperazine rings is 1. The fraction of sp³-hybridized carbons (Fsp3) is 0.571. The van der Waals surface area contributed by atoms with Gasteiger partial charge in [0, 0.05) is 32.1 Å². The van der Waals surface area contributed by atoms with Gasteiger partial charge in [-0.1, -0.05) is 11.2 Å². The molecular weight excluding hydrogens is 272 g/mol. The van der Waals surface area contributed by atoms with Crippen molar-refractivity contribution in [3.05, 3.63) is 23.4 Å². The van der Waals surface area contributed by atoms with Crippen LogP contribution in [0.15, 0.2) is 22.0 Å². The topological polar surface area (TPSA) is 54.2 Å². The molecule has 3 rings (SSSR count). The van der Waals surface area contributed by atoms with Gasteiger partial charge < -0.3 is 9.84 Å². The first-order chi connectivity index (χ1) is 9.83. The first-order valence-electron chi connectivity index (χ1n) is 7.14. The van der Waals surface area contributed by atoms with Crippen molar-refractivity contribution in [1.29, 1.82) is 0 Å². The summed E-state index contributed by atoms with van der Waals surface area (Å²) in [7, 11) is 0. The molecule has 1 aliphatic heterocycles. The average Bonchev–Trinajstić information content (AvgIpc) is 3.11. The van der Waals surface area contributed by atoms with Gasteiger partial charge in [-0.2, -0.15) is 4.98 Å². The summed E-state index contributed by atoms with van der Waals surface area (Å²) in [6.07, 6.45) is 1.92. The van der Waals surface area contributed by atoms with E-state index in [9.17, 15) is 0 Å². The van der Waals surface area contributed by atoms with E-state index < -0.39 is 0 Å². The monoisotopic (exact) mass is 292 g/mol. The van der Waals surface area contributed by atoms with E-state index in [0.29, 0.717) is 11.9 Å². The lowest BCUT2D eigenvalue weighted by Crippen LogP contribution is -2.49. The van der Waals surface area contributed by atoms with E-state index in [1.165, 1.54) is 0 Å². The Morgan fingerprint density at radius 3 is 3.30 bits per heavy atom. The maximum absolute atomic E-state index is 5.32. The Balaban J connectivity index is 1.49. The zero-order valence-corrected chi connectivity index (χ0v) is 12.5. The highest BCUT2D eigenvalue weighted by Gasteiger charge is 2.17. The molecule has 0 aromatic carbocycles. The Labute approximate surface area is 123 Å². The lowest BCUT2D eigenvalue weighted by Gasteiger charge is -2.33. The number of aromatic nitrogens is 2. The molecule has 108 valence electrons. The number of nitrogens with zero attached hydrogens (tertiary/aromatic N) is 3. The number of aryl methyl sites for hydroxylation is 1. The van der Waals surface area contributed by atoms with Gasteiger partial charge >= 0.3 is 0 Å². The maximum Gasteiger partial charge on any atom is 0.227 e. The molecule has 1 atom stereocenters. The Morgan fingerprint density at radius 2 is 2.50 bits per heavy atom. The van der Waals surface area contributed by atoms with E-state index in [1.807, 2.05) is 17.5 Å². The van der Waals surface area contributed by atoms with Crippen LogP contribution in [-0.2, 0) is 6.42 Å². The molecule has 0 saturated carbocycles. The van der Waals surface area contributed by atoms with Gasteiger partial charge in [0.05, 0.1) is 4.88 Å². The fourth-order valence-electron chi connectivity index (χ4n) is 2.51. The minimum atomic E-state index is 0.619. The van der Waals surface area contributed by atoms with Gasteiger partial charge in [0.25, 0.3) is 0 Å². The summed E-state index contributed by atoms with van der Waals surface area (Å²) in [6, 6.07) is 4.64. The fourth-order valence-corrected chi connectivity index (χ4v) is 3.16. The van der Waals surface area contributed by atoms with E-state index in [0.717, 1.165) is 49.8 Å². The van der Waals surface area contributed by atoms with Crippen molar-refractivity contribution in [3.63, 3.8) is 0 Å². The summed E-state index contributed by atoms with van der Waals surface area (Å²) < 4.78 is 5.32. The van der Waals surface area contributed by atoms with Crippen LogP contribution in [-0.4, -0.2) is 47.3 Å². The molecule has 1 saturated heterocycles. The van der Waals surface area contributed by atoms with Gasteiger partial charge in [-0.3, -0.25) is 4.90 Å². The SMILES string of the molecule is C[C@@H]1CNCCN1CCCc1nc(-c2cccs2)no1. The van der Waals surface area contributed by atoms with Crippen LogP contribution in [0.2, 0.25) is 0 Å². The van der Waals surface area contributed by atoms with Crippen molar-refractivity contribution in [2.75, 3.05) is 26.2 Å². The highest BCUT2D eigenvalue weighted by Crippen LogP contribution is 2.21. The molecule has 1 N–H and O–H groups in total. The lowest BCUT2D eigenvalue weighted by molar-refractivity contribution is 0.170. The van der Waals surface area contributed by atoms with E-state index in [1.54, 1.807) is 11.3 Å². The molecule has 2 aromatic rings. The first-order valence-corrected chi connectivity index (χ1v) is 8.02. The van der Waals surface area contributed by atoms with Gasteiger partial charge in [0.15, 0.2) is 0 Å². The van der Waals surface area contributed by atoms with Crippen LogP contribution >= 0.6 is 11.3 Å². The van der Waals surface area contributed by atoms with Crippen LogP contribution in [0.25, 0.3) is 10.7 Å². The maximum atomic E-state index is 5.32. The first kappa shape index (κ1) is 13.7. The zero-order chi connectivity index (χ0) is 13.8. The largest absolute Gasteiger partial charge is 0.339 e. The Hall–Kier alpha value is -1.24. The predicted molar refractivity (Wildman–Crippen MR) is 79.8 cm³/mol. The minimum absolute atomic E-state index is 0.619. The second-order valence-electron chi connectivity index (χ2n) is 5.18. The number of hydrogen-bond donors (Lipinski definition) is 1. The number of nitrogens with one attached hydrogen (secondary N) is 1. The molecule has 0 amide bonds. The van der Waals surface area contributed by atoms with E-state index in [-0.39, 0.29) is 0 Å². The zero-order valence-electron chi connectivity index (χ0n) is 11.7. The van der Waals surface area contributed by atoms with Crippen molar-refractivity contribution in [3.8, 4) is 10.7 Å². The summed E-state index contributed by atoms with van der Waals surface area (Å²) in [5, 5.41) is 9.47. The molecule has 1 fully saturated rings.